The number of benzene rings is 2. The van der Waals surface area contributed by atoms with Crippen molar-refractivity contribution in [3.8, 4) is 17.0 Å². The Morgan fingerprint density at radius 2 is 1.96 bits per heavy atom. The van der Waals surface area contributed by atoms with E-state index >= 15 is 4.39 Å². The van der Waals surface area contributed by atoms with Crippen molar-refractivity contribution < 1.29 is 37.5 Å². The molecule has 3 aromatic heterocycles. The van der Waals surface area contributed by atoms with E-state index in [0.717, 1.165) is 22.9 Å². The lowest BCUT2D eigenvalue weighted by molar-refractivity contribution is 0.0209. The van der Waals surface area contributed by atoms with Gasteiger partial charge in [-0.05, 0) is 56.2 Å². The van der Waals surface area contributed by atoms with Crippen LogP contribution in [0.5, 0.6) is 5.75 Å². The van der Waals surface area contributed by atoms with E-state index in [1.807, 2.05) is 57.2 Å². The van der Waals surface area contributed by atoms with E-state index in [1.165, 1.54) is 13.4 Å². The summed E-state index contributed by atoms with van der Waals surface area (Å²) < 4.78 is 54.5. The molecular formula is C37H38FN5O7S. The second-order valence-electron chi connectivity index (χ2n) is 14.3. The maximum Gasteiger partial charge on any atom is 0.410 e. The van der Waals surface area contributed by atoms with E-state index in [4.69, 9.17) is 28.9 Å². The van der Waals surface area contributed by atoms with Gasteiger partial charge in [0.15, 0.2) is 12.6 Å². The molecule has 0 radical (unpaired) electrons. The summed E-state index contributed by atoms with van der Waals surface area (Å²) in [5.41, 5.74) is 1.29. The van der Waals surface area contributed by atoms with Gasteiger partial charge < -0.3 is 33.0 Å². The minimum Gasteiger partial charge on any atom is -0.610 e. The zero-order chi connectivity index (χ0) is 35.8. The van der Waals surface area contributed by atoms with E-state index < -0.39 is 28.7 Å². The van der Waals surface area contributed by atoms with Crippen LogP contribution < -0.4 is 4.74 Å². The summed E-state index contributed by atoms with van der Waals surface area (Å²) in [6.07, 6.45) is 3.09. The third-order valence-corrected chi connectivity index (χ3v) is 10.7. The van der Waals surface area contributed by atoms with Crippen LogP contribution in [0.3, 0.4) is 0 Å². The van der Waals surface area contributed by atoms with Crippen molar-refractivity contribution in [3.05, 3.63) is 60.2 Å². The molecule has 51 heavy (non-hydrogen) atoms. The average molecular weight is 716 g/mol. The molecule has 6 heterocycles. The van der Waals surface area contributed by atoms with Gasteiger partial charge in [0.2, 0.25) is 0 Å². The van der Waals surface area contributed by atoms with E-state index in [9.17, 15) is 14.1 Å². The average Bonchev–Trinajstić information content (AvgIpc) is 3.87. The van der Waals surface area contributed by atoms with E-state index in [1.54, 1.807) is 22.1 Å². The molecule has 3 aliphatic heterocycles. The lowest BCUT2D eigenvalue weighted by Crippen LogP contribution is -2.44. The molecule has 0 spiro atoms. The van der Waals surface area contributed by atoms with Crippen LogP contribution >= 0.6 is 0 Å². The molecule has 1 aliphatic carbocycles. The van der Waals surface area contributed by atoms with Gasteiger partial charge in [-0.25, -0.2) is 14.0 Å². The molecule has 3 saturated heterocycles. The number of carbonyl (C=O) groups excluding carboxylic acids is 2. The molecular weight excluding hydrogens is 678 g/mol. The SMILES string of the molecule is COCOc1cc(-c2ncc3c(nc([S+](C)[O-])c4cc(CN5CCOC5=O)n(C5C6CC5N(C(=O)OC(C)(C)C)C6)c43)c2F)c2ccccc2c1. The first kappa shape index (κ1) is 33.5. The number of carbonyl (C=O) groups is 2. The van der Waals surface area contributed by atoms with E-state index in [-0.39, 0.29) is 60.3 Å². The minimum atomic E-state index is -1.61. The van der Waals surface area contributed by atoms with Crippen molar-refractivity contribution in [2.24, 2.45) is 5.92 Å². The number of rotatable bonds is 8. The van der Waals surface area contributed by atoms with Gasteiger partial charge in [-0.3, -0.25) is 9.88 Å². The first-order valence-corrected chi connectivity index (χ1v) is 18.4. The molecule has 1 saturated carbocycles. The molecule has 2 aromatic carbocycles. The molecule has 2 amide bonds. The van der Waals surface area contributed by atoms with Crippen LogP contribution in [0.15, 0.2) is 53.7 Å². The zero-order valence-electron chi connectivity index (χ0n) is 29.0. The monoisotopic (exact) mass is 715 g/mol. The largest absolute Gasteiger partial charge is 0.610 e. The van der Waals surface area contributed by atoms with Crippen molar-refractivity contribution in [1.29, 1.82) is 0 Å². The molecule has 4 atom stereocenters. The van der Waals surface area contributed by atoms with Crippen molar-refractivity contribution in [2.45, 2.75) is 56.4 Å². The Hall–Kier alpha value is -4.66. The molecule has 4 fully saturated rings. The first-order valence-electron chi connectivity index (χ1n) is 16.8. The number of hydrogen-bond acceptors (Lipinski definition) is 9. The molecule has 5 aromatic rings. The number of nitrogens with zero attached hydrogens (tertiary/aromatic N) is 5. The molecule has 2 bridgehead atoms. The summed E-state index contributed by atoms with van der Waals surface area (Å²) in [7, 11) is 1.52. The van der Waals surface area contributed by atoms with Crippen LogP contribution in [0.25, 0.3) is 43.8 Å². The Balaban J connectivity index is 1.34. The smallest absolute Gasteiger partial charge is 0.410 e. The lowest BCUT2D eigenvalue weighted by Gasteiger charge is -2.39. The van der Waals surface area contributed by atoms with Gasteiger partial charge in [0, 0.05) is 53.6 Å². The van der Waals surface area contributed by atoms with E-state index in [2.05, 4.69) is 4.57 Å². The summed E-state index contributed by atoms with van der Waals surface area (Å²) >= 11 is -1.61. The van der Waals surface area contributed by atoms with Crippen LogP contribution in [-0.2, 0) is 31.9 Å². The summed E-state index contributed by atoms with van der Waals surface area (Å²) in [5, 5.41) is 2.83. The van der Waals surface area contributed by atoms with Crippen LogP contribution in [0.4, 0.5) is 14.0 Å². The van der Waals surface area contributed by atoms with Crippen LogP contribution in [0.2, 0.25) is 0 Å². The van der Waals surface area contributed by atoms with Crippen molar-refractivity contribution >= 4 is 55.9 Å². The minimum absolute atomic E-state index is 0.0135. The number of amides is 2. The first-order chi connectivity index (χ1) is 24.4. The third kappa shape index (κ3) is 5.69. The third-order valence-electron chi connectivity index (χ3n) is 9.89. The van der Waals surface area contributed by atoms with Crippen molar-refractivity contribution in [1.82, 2.24) is 24.3 Å². The maximum absolute atomic E-state index is 17.1. The Morgan fingerprint density at radius 3 is 2.69 bits per heavy atom. The highest BCUT2D eigenvalue weighted by Gasteiger charge is 2.56. The summed E-state index contributed by atoms with van der Waals surface area (Å²) in [6, 6.07) is 12.6. The molecule has 9 rings (SSSR count). The molecule has 4 unspecified atom stereocenters. The van der Waals surface area contributed by atoms with Crippen LogP contribution in [-0.4, -0.2) is 92.6 Å². The van der Waals surface area contributed by atoms with Gasteiger partial charge in [-0.1, -0.05) is 24.3 Å². The maximum atomic E-state index is 17.1. The molecule has 4 aliphatic rings. The number of fused-ring (bicyclic) bond motifs is 5. The van der Waals surface area contributed by atoms with Crippen LogP contribution in [0.1, 0.15) is 38.9 Å². The number of methoxy groups -OCH3 is 1. The van der Waals surface area contributed by atoms with Crippen LogP contribution in [0, 0.1) is 11.7 Å². The zero-order valence-corrected chi connectivity index (χ0v) is 29.8. The number of aromatic nitrogens is 3. The van der Waals surface area contributed by atoms with E-state index in [0.29, 0.717) is 40.7 Å². The van der Waals surface area contributed by atoms with Gasteiger partial charge in [0.1, 0.15) is 35.4 Å². The fourth-order valence-corrected chi connectivity index (χ4v) is 8.45. The number of pyridine rings is 2. The Labute approximate surface area is 296 Å². The second-order valence-corrected chi connectivity index (χ2v) is 15.6. The molecule has 14 heteroatoms. The standard InChI is InChI=1S/C37H38FN5O7S/c1-37(2,3)50-36(45)42-17-21-13-28(42)32(21)43-22(18-41-10-11-48-35(41)44)14-26-33(43)27-16-39-30(29(38)31(27)40-34(26)51(5)46)25-15-23(49-19-47-4)12-20-8-6-7-9-24(20)25/h6-9,12,14-16,21,28,32H,10-11,13,17-19H2,1-5H3. The Kier molecular flexibility index (Phi) is 8.23. The topological polar surface area (TPSA) is 131 Å². The fraction of sp³-hybridized carbons (Fsp3) is 0.405. The predicted octanol–water partition coefficient (Wildman–Crippen LogP) is 6.40. The molecule has 12 nitrogen and oxygen atoms in total. The number of ether oxygens (including phenoxy) is 4. The lowest BCUT2D eigenvalue weighted by atomic mass is 9.79. The normalized spacial score (nSPS) is 20.7. The van der Waals surface area contributed by atoms with Crippen molar-refractivity contribution in [3.63, 3.8) is 0 Å². The summed E-state index contributed by atoms with van der Waals surface area (Å²) in [5.74, 6) is -0.0985. The quantitative estimate of drug-likeness (QED) is 0.132. The van der Waals surface area contributed by atoms with Gasteiger partial charge >= 0.3 is 12.2 Å². The number of halogens is 1. The summed E-state index contributed by atoms with van der Waals surface area (Å²) in [6.45, 7) is 6.91. The highest BCUT2D eigenvalue weighted by Crippen LogP contribution is 2.53. The van der Waals surface area contributed by atoms with Gasteiger partial charge in [0.05, 0.1) is 36.1 Å². The van der Waals surface area contributed by atoms with Gasteiger partial charge in [0.25, 0.3) is 5.03 Å². The number of cyclic esters (lactones) is 1. The Bertz CT molecular complexity index is 2220. The molecule has 0 N–H and O–H groups in total. The Morgan fingerprint density at radius 1 is 1.16 bits per heavy atom. The van der Waals surface area contributed by atoms with Gasteiger partial charge in [-0.2, -0.15) is 4.98 Å². The summed E-state index contributed by atoms with van der Waals surface area (Å²) in [4.78, 5) is 38.8. The fourth-order valence-electron chi connectivity index (χ4n) is 7.76. The highest BCUT2D eigenvalue weighted by molar-refractivity contribution is 7.90. The predicted molar refractivity (Wildman–Crippen MR) is 188 cm³/mol. The second kappa shape index (κ2) is 12.5. The highest BCUT2D eigenvalue weighted by atomic mass is 32.2. The van der Waals surface area contributed by atoms with Crippen molar-refractivity contribution in [2.75, 3.05) is 39.9 Å². The molecule has 266 valence electrons. The number of hydrogen-bond donors (Lipinski definition) is 0. The van der Waals surface area contributed by atoms with Gasteiger partial charge in [-0.15, -0.1) is 0 Å².